The molecule has 0 radical (unpaired) electrons. The molecular formula is C15H18ClFN2O2. The lowest BCUT2D eigenvalue weighted by molar-refractivity contribution is -0.134. The molecule has 0 bridgehead atoms. The average molecular weight is 313 g/mol. The number of hydrogen-bond acceptors (Lipinski definition) is 2. The quantitative estimate of drug-likeness (QED) is 0.929. The fourth-order valence-corrected chi connectivity index (χ4v) is 2.74. The minimum absolute atomic E-state index is 0.104. The van der Waals surface area contributed by atoms with Crippen molar-refractivity contribution in [1.82, 2.24) is 5.32 Å². The number of anilines is 1. The third kappa shape index (κ3) is 3.02. The number of nitrogens with one attached hydrogen (secondary N) is 1. The molecule has 21 heavy (non-hydrogen) atoms. The fourth-order valence-electron chi connectivity index (χ4n) is 2.58. The van der Waals surface area contributed by atoms with Crippen LogP contribution < -0.4 is 10.2 Å². The van der Waals surface area contributed by atoms with Crippen molar-refractivity contribution < 1.29 is 14.0 Å². The Hall–Kier alpha value is -1.62. The highest BCUT2D eigenvalue weighted by Crippen LogP contribution is 2.28. The van der Waals surface area contributed by atoms with Crippen molar-refractivity contribution >= 4 is 29.1 Å². The number of benzene rings is 1. The zero-order chi connectivity index (χ0) is 15.6. The van der Waals surface area contributed by atoms with Gasteiger partial charge in [0.25, 0.3) is 0 Å². The molecule has 2 rings (SSSR count). The minimum Gasteiger partial charge on any atom is -0.342 e. The standard InChI is InChI=1S/C15H18ClFN2O2/c1-3-5-11-15(21)19(12(4-2)14(20)18-11)13-7-6-9(16)8-10(13)17/h6-8,11-12H,3-5H2,1-2H3,(H,18,20). The molecule has 0 aliphatic carbocycles. The van der Waals surface area contributed by atoms with Crippen LogP contribution in [0.25, 0.3) is 0 Å². The minimum atomic E-state index is -0.693. The van der Waals surface area contributed by atoms with Gasteiger partial charge in [0, 0.05) is 5.02 Å². The van der Waals surface area contributed by atoms with Gasteiger partial charge in [-0.3, -0.25) is 14.5 Å². The van der Waals surface area contributed by atoms with E-state index in [0.29, 0.717) is 12.8 Å². The fraction of sp³-hybridized carbons (Fsp3) is 0.467. The highest BCUT2D eigenvalue weighted by molar-refractivity contribution is 6.30. The van der Waals surface area contributed by atoms with Crippen molar-refractivity contribution in [1.29, 1.82) is 0 Å². The van der Waals surface area contributed by atoms with Crippen LogP contribution in [0.15, 0.2) is 18.2 Å². The zero-order valence-corrected chi connectivity index (χ0v) is 12.8. The maximum absolute atomic E-state index is 14.1. The van der Waals surface area contributed by atoms with E-state index in [2.05, 4.69) is 5.32 Å². The van der Waals surface area contributed by atoms with Crippen LogP contribution in [0.5, 0.6) is 0 Å². The van der Waals surface area contributed by atoms with Gasteiger partial charge in [-0.1, -0.05) is 31.9 Å². The topological polar surface area (TPSA) is 49.4 Å². The molecule has 0 spiro atoms. The van der Waals surface area contributed by atoms with E-state index in [1.165, 1.54) is 17.0 Å². The Morgan fingerprint density at radius 3 is 2.62 bits per heavy atom. The number of carbonyl (C=O) groups is 2. The summed E-state index contributed by atoms with van der Waals surface area (Å²) >= 11 is 5.75. The first kappa shape index (κ1) is 15.8. The van der Waals surface area contributed by atoms with E-state index in [1.54, 1.807) is 6.92 Å². The molecule has 0 aromatic heterocycles. The van der Waals surface area contributed by atoms with Gasteiger partial charge in [0.1, 0.15) is 17.9 Å². The summed E-state index contributed by atoms with van der Waals surface area (Å²) in [6.07, 6.45) is 1.70. The average Bonchev–Trinajstić information content (AvgIpc) is 2.43. The largest absolute Gasteiger partial charge is 0.342 e. The van der Waals surface area contributed by atoms with Crippen LogP contribution in [0.1, 0.15) is 33.1 Å². The van der Waals surface area contributed by atoms with Crippen LogP contribution in [0.2, 0.25) is 5.02 Å². The molecule has 1 heterocycles. The molecule has 114 valence electrons. The van der Waals surface area contributed by atoms with E-state index in [1.807, 2.05) is 6.92 Å². The molecule has 1 aromatic rings. The molecule has 6 heteroatoms. The van der Waals surface area contributed by atoms with Gasteiger partial charge in [-0.25, -0.2) is 4.39 Å². The van der Waals surface area contributed by atoms with Crippen LogP contribution in [0.3, 0.4) is 0 Å². The van der Waals surface area contributed by atoms with Gasteiger partial charge in [-0.2, -0.15) is 0 Å². The lowest BCUT2D eigenvalue weighted by Gasteiger charge is -2.38. The Bertz CT molecular complexity index is 565. The molecule has 1 N–H and O–H groups in total. The van der Waals surface area contributed by atoms with Gasteiger partial charge < -0.3 is 5.32 Å². The van der Waals surface area contributed by atoms with Crippen LogP contribution in [-0.4, -0.2) is 23.9 Å². The third-order valence-corrected chi connectivity index (χ3v) is 3.83. The van der Waals surface area contributed by atoms with Crippen LogP contribution >= 0.6 is 11.6 Å². The van der Waals surface area contributed by atoms with E-state index >= 15 is 0 Å². The van der Waals surface area contributed by atoms with Gasteiger partial charge in [-0.15, -0.1) is 0 Å². The second-order valence-electron chi connectivity index (χ2n) is 5.08. The number of piperazine rings is 1. The Kier molecular flexibility index (Phi) is 4.83. The maximum Gasteiger partial charge on any atom is 0.250 e. The summed E-state index contributed by atoms with van der Waals surface area (Å²) in [6, 6.07) is 2.82. The summed E-state index contributed by atoms with van der Waals surface area (Å²) < 4.78 is 14.1. The normalized spacial score (nSPS) is 22.4. The van der Waals surface area contributed by atoms with E-state index in [4.69, 9.17) is 11.6 Å². The number of hydrogen-bond donors (Lipinski definition) is 1. The van der Waals surface area contributed by atoms with E-state index in [9.17, 15) is 14.0 Å². The van der Waals surface area contributed by atoms with Gasteiger partial charge in [-0.05, 0) is 31.0 Å². The monoisotopic (exact) mass is 312 g/mol. The number of nitrogens with zero attached hydrogens (tertiary/aromatic N) is 1. The summed E-state index contributed by atoms with van der Waals surface area (Å²) in [5, 5.41) is 2.97. The Morgan fingerprint density at radius 2 is 2.05 bits per heavy atom. The summed E-state index contributed by atoms with van der Waals surface area (Å²) in [5.41, 5.74) is 0.104. The van der Waals surface area contributed by atoms with Gasteiger partial charge >= 0.3 is 0 Å². The molecule has 0 saturated carbocycles. The molecule has 1 fully saturated rings. The molecule has 1 aromatic carbocycles. The van der Waals surface area contributed by atoms with Crippen LogP contribution in [-0.2, 0) is 9.59 Å². The summed E-state index contributed by atoms with van der Waals surface area (Å²) in [5.74, 6) is -1.12. The number of amides is 2. The van der Waals surface area contributed by atoms with Crippen LogP contribution in [0.4, 0.5) is 10.1 Å². The smallest absolute Gasteiger partial charge is 0.250 e. The highest BCUT2D eigenvalue weighted by atomic mass is 35.5. The van der Waals surface area contributed by atoms with Crippen molar-refractivity contribution in [2.45, 2.75) is 45.2 Å². The Labute approximate surface area is 128 Å². The molecule has 1 aliphatic heterocycles. The van der Waals surface area contributed by atoms with Crippen molar-refractivity contribution in [3.05, 3.63) is 29.0 Å². The Morgan fingerprint density at radius 1 is 1.33 bits per heavy atom. The lowest BCUT2D eigenvalue weighted by Crippen LogP contribution is -2.63. The predicted octanol–water partition coefficient (Wildman–Crippen LogP) is 2.89. The summed E-state index contributed by atoms with van der Waals surface area (Å²) in [7, 11) is 0. The molecule has 1 aliphatic rings. The lowest BCUT2D eigenvalue weighted by atomic mass is 10.0. The van der Waals surface area contributed by atoms with Crippen molar-refractivity contribution in [2.24, 2.45) is 0 Å². The first-order chi connectivity index (χ1) is 9.99. The molecule has 4 nitrogen and oxygen atoms in total. The predicted molar refractivity (Wildman–Crippen MR) is 79.8 cm³/mol. The van der Waals surface area contributed by atoms with E-state index in [-0.39, 0.29) is 22.5 Å². The Balaban J connectivity index is 2.44. The molecule has 2 atom stereocenters. The van der Waals surface area contributed by atoms with Crippen molar-refractivity contribution in [2.75, 3.05) is 4.90 Å². The van der Waals surface area contributed by atoms with Crippen LogP contribution in [0, 0.1) is 5.82 Å². The van der Waals surface area contributed by atoms with E-state index in [0.717, 1.165) is 12.5 Å². The third-order valence-electron chi connectivity index (χ3n) is 3.60. The second kappa shape index (κ2) is 6.43. The molecule has 1 saturated heterocycles. The van der Waals surface area contributed by atoms with Gasteiger partial charge in [0.2, 0.25) is 11.8 Å². The van der Waals surface area contributed by atoms with Crippen molar-refractivity contribution in [3.63, 3.8) is 0 Å². The summed E-state index contributed by atoms with van der Waals surface area (Å²) in [6.45, 7) is 3.72. The van der Waals surface area contributed by atoms with Gasteiger partial charge in [0.15, 0.2) is 0 Å². The van der Waals surface area contributed by atoms with Gasteiger partial charge in [0.05, 0.1) is 5.69 Å². The van der Waals surface area contributed by atoms with E-state index < -0.39 is 17.9 Å². The molecule has 2 amide bonds. The number of rotatable bonds is 4. The number of halogens is 2. The molecule has 2 unspecified atom stereocenters. The molecular weight excluding hydrogens is 295 g/mol. The maximum atomic E-state index is 14.1. The SMILES string of the molecule is CCCC1NC(=O)C(CC)N(c2ccc(Cl)cc2F)C1=O. The van der Waals surface area contributed by atoms with Crippen molar-refractivity contribution in [3.8, 4) is 0 Å². The number of carbonyl (C=O) groups excluding carboxylic acids is 2. The second-order valence-corrected chi connectivity index (χ2v) is 5.51. The zero-order valence-electron chi connectivity index (χ0n) is 12.0. The highest BCUT2D eigenvalue weighted by Gasteiger charge is 2.40. The first-order valence-corrected chi connectivity index (χ1v) is 7.45. The summed E-state index contributed by atoms with van der Waals surface area (Å²) in [4.78, 5) is 26.0. The first-order valence-electron chi connectivity index (χ1n) is 7.08.